The predicted molar refractivity (Wildman–Crippen MR) is 143 cm³/mol. The fourth-order valence-electron chi connectivity index (χ4n) is 4.50. The van der Waals surface area contributed by atoms with Crippen LogP contribution in [0.25, 0.3) is 50.5 Å². The van der Waals surface area contributed by atoms with Gasteiger partial charge in [0.05, 0.1) is 11.4 Å². The molecule has 0 fully saturated rings. The Bertz CT molecular complexity index is 1430. The minimum Gasteiger partial charge on any atom is -0.309 e. The number of hydrogen-bond donors (Lipinski definition) is 0. The monoisotopic (exact) mass is 449 g/mol. The molecule has 35 heavy (non-hydrogen) atoms. The summed E-state index contributed by atoms with van der Waals surface area (Å²) in [6, 6.07) is 40.6. The molecule has 0 saturated heterocycles. The first-order chi connectivity index (χ1) is 17.4. The van der Waals surface area contributed by atoms with E-state index >= 15 is 0 Å². The first kappa shape index (κ1) is 20.8. The van der Waals surface area contributed by atoms with Crippen LogP contribution in [-0.2, 0) is 0 Å². The number of para-hydroxylation sites is 1. The molecule has 0 unspecified atom stereocenters. The van der Waals surface area contributed by atoms with Gasteiger partial charge in [-0.05, 0) is 81.9 Å². The van der Waals surface area contributed by atoms with Gasteiger partial charge in [0.25, 0.3) is 0 Å². The van der Waals surface area contributed by atoms with Crippen LogP contribution in [0.15, 0.2) is 140 Å². The second kappa shape index (κ2) is 9.24. The summed E-state index contributed by atoms with van der Waals surface area (Å²) in [5.74, 6) is 0. The van der Waals surface area contributed by atoms with Crippen LogP contribution in [0.2, 0.25) is 0 Å². The van der Waals surface area contributed by atoms with Crippen molar-refractivity contribution < 1.29 is 0 Å². The maximum atomic E-state index is 4.13. The summed E-state index contributed by atoms with van der Waals surface area (Å²) in [5, 5.41) is 0. The Hall–Kier alpha value is -4.76. The van der Waals surface area contributed by atoms with Crippen LogP contribution in [0.3, 0.4) is 0 Å². The minimum absolute atomic E-state index is 1.14. The van der Waals surface area contributed by atoms with Gasteiger partial charge >= 0.3 is 0 Å². The van der Waals surface area contributed by atoms with E-state index < -0.39 is 0 Å². The summed E-state index contributed by atoms with van der Waals surface area (Å²) in [5.41, 5.74) is 10.5. The standard InChI is InChI=1S/C32H23N3/c1-2-4-30(5-3-1)35-31(28-10-6-24(7-11-28)26-16-20-33-21-17-26)14-15-32(35)29-12-8-25(9-13-29)27-18-22-34-23-19-27/h1-23H. The predicted octanol–water partition coefficient (Wildman–Crippen LogP) is 7.94. The minimum atomic E-state index is 1.14. The summed E-state index contributed by atoms with van der Waals surface area (Å²) in [6.45, 7) is 0. The van der Waals surface area contributed by atoms with Gasteiger partial charge in [0, 0.05) is 30.5 Å². The van der Waals surface area contributed by atoms with Crippen molar-refractivity contribution in [3.63, 3.8) is 0 Å². The van der Waals surface area contributed by atoms with Crippen LogP contribution >= 0.6 is 0 Å². The lowest BCUT2D eigenvalue weighted by Gasteiger charge is -2.15. The molecule has 3 aromatic carbocycles. The summed E-state index contributed by atoms with van der Waals surface area (Å²) < 4.78 is 2.34. The highest BCUT2D eigenvalue weighted by Crippen LogP contribution is 2.34. The normalized spacial score (nSPS) is 10.9. The van der Waals surface area contributed by atoms with E-state index in [4.69, 9.17) is 0 Å². The zero-order chi connectivity index (χ0) is 23.5. The molecule has 0 aliphatic carbocycles. The first-order valence-electron chi connectivity index (χ1n) is 11.7. The average molecular weight is 450 g/mol. The van der Waals surface area contributed by atoms with Crippen LogP contribution in [0.4, 0.5) is 0 Å². The third-order valence-electron chi connectivity index (χ3n) is 6.28. The fraction of sp³-hybridized carbons (Fsp3) is 0. The highest BCUT2D eigenvalue weighted by molar-refractivity contribution is 5.76. The van der Waals surface area contributed by atoms with Crippen molar-refractivity contribution in [3.05, 3.63) is 140 Å². The number of nitrogens with zero attached hydrogens (tertiary/aromatic N) is 3. The lowest BCUT2D eigenvalue weighted by molar-refractivity contribution is 1.09. The van der Waals surface area contributed by atoms with E-state index in [1.54, 1.807) is 0 Å². The van der Waals surface area contributed by atoms with Crippen molar-refractivity contribution in [2.45, 2.75) is 0 Å². The van der Waals surface area contributed by atoms with Gasteiger partial charge in [-0.25, -0.2) is 0 Å². The summed E-state index contributed by atoms with van der Waals surface area (Å²) >= 11 is 0. The molecule has 0 spiro atoms. The van der Waals surface area contributed by atoms with Gasteiger partial charge in [-0.15, -0.1) is 0 Å². The van der Waals surface area contributed by atoms with Crippen LogP contribution in [-0.4, -0.2) is 14.5 Å². The molecule has 3 nitrogen and oxygen atoms in total. The van der Waals surface area contributed by atoms with E-state index in [-0.39, 0.29) is 0 Å². The number of pyridine rings is 2. The van der Waals surface area contributed by atoms with Crippen LogP contribution in [0.5, 0.6) is 0 Å². The number of aromatic nitrogens is 3. The Labute approximate surface area is 205 Å². The molecule has 166 valence electrons. The number of benzene rings is 3. The summed E-state index contributed by atoms with van der Waals surface area (Å²) in [4.78, 5) is 8.26. The van der Waals surface area contributed by atoms with Crippen LogP contribution in [0, 0.1) is 0 Å². The van der Waals surface area contributed by atoms with Crippen molar-refractivity contribution >= 4 is 0 Å². The topological polar surface area (TPSA) is 30.7 Å². The van der Waals surface area contributed by atoms with Gasteiger partial charge in [-0.1, -0.05) is 66.7 Å². The molecular weight excluding hydrogens is 426 g/mol. The van der Waals surface area contributed by atoms with Gasteiger partial charge in [0.2, 0.25) is 0 Å². The van der Waals surface area contributed by atoms with E-state index in [2.05, 4.69) is 106 Å². The Morgan fingerprint density at radius 2 is 0.714 bits per heavy atom. The molecule has 0 atom stereocenters. The van der Waals surface area contributed by atoms with Gasteiger partial charge in [0.1, 0.15) is 0 Å². The molecule has 3 heteroatoms. The van der Waals surface area contributed by atoms with Gasteiger partial charge in [-0.3, -0.25) is 9.97 Å². The molecule has 0 aliphatic heterocycles. The molecule has 3 heterocycles. The SMILES string of the molecule is c1ccc(-n2c(-c3ccc(-c4ccncc4)cc3)ccc2-c2ccc(-c3ccncc3)cc2)cc1. The van der Waals surface area contributed by atoms with E-state index in [1.165, 1.54) is 33.4 Å². The second-order valence-corrected chi connectivity index (χ2v) is 8.40. The van der Waals surface area contributed by atoms with Gasteiger partial charge < -0.3 is 4.57 Å². The molecule has 0 N–H and O–H groups in total. The molecule has 0 amide bonds. The molecule has 0 bridgehead atoms. The molecule has 3 aromatic heterocycles. The molecule has 0 radical (unpaired) electrons. The van der Waals surface area contributed by atoms with Crippen molar-refractivity contribution in [2.24, 2.45) is 0 Å². The molecular formula is C32H23N3. The smallest absolute Gasteiger partial charge is 0.0535 e. The third-order valence-corrected chi connectivity index (χ3v) is 6.28. The van der Waals surface area contributed by atoms with Gasteiger partial charge in [0.15, 0.2) is 0 Å². The highest BCUT2D eigenvalue weighted by atomic mass is 15.0. The first-order valence-corrected chi connectivity index (χ1v) is 11.7. The maximum Gasteiger partial charge on any atom is 0.0535 e. The Balaban J connectivity index is 1.42. The fourth-order valence-corrected chi connectivity index (χ4v) is 4.50. The van der Waals surface area contributed by atoms with Crippen molar-refractivity contribution in [1.82, 2.24) is 14.5 Å². The molecule has 6 rings (SSSR count). The Kier molecular flexibility index (Phi) is 5.50. The summed E-state index contributed by atoms with van der Waals surface area (Å²) in [7, 11) is 0. The van der Waals surface area contributed by atoms with Crippen molar-refractivity contribution in [1.29, 1.82) is 0 Å². The highest BCUT2D eigenvalue weighted by Gasteiger charge is 2.14. The van der Waals surface area contributed by atoms with Crippen molar-refractivity contribution in [3.8, 4) is 50.5 Å². The quantitative estimate of drug-likeness (QED) is 0.267. The van der Waals surface area contributed by atoms with E-state index in [9.17, 15) is 0 Å². The lowest BCUT2D eigenvalue weighted by atomic mass is 10.0. The lowest BCUT2D eigenvalue weighted by Crippen LogP contribution is -1.99. The largest absolute Gasteiger partial charge is 0.309 e. The van der Waals surface area contributed by atoms with Crippen LogP contribution < -0.4 is 0 Å². The molecule has 0 aliphatic rings. The number of hydrogen-bond acceptors (Lipinski definition) is 2. The van der Waals surface area contributed by atoms with E-state index in [0.29, 0.717) is 0 Å². The number of rotatable bonds is 5. The Morgan fingerprint density at radius 1 is 0.343 bits per heavy atom. The van der Waals surface area contributed by atoms with Crippen molar-refractivity contribution in [2.75, 3.05) is 0 Å². The molecule has 6 aromatic rings. The van der Waals surface area contributed by atoms with Crippen LogP contribution in [0.1, 0.15) is 0 Å². The molecule has 0 saturated carbocycles. The third kappa shape index (κ3) is 4.16. The zero-order valence-electron chi connectivity index (χ0n) is 19.1. The van der Waals surface area contributed by atoms with Gasteiger partial charge in [-0.2, -0.15) is 0 Å². The zero-order valence-corrected chi connectivity index (χ0v) is 19.1. The average Bonchev–Trinajstić information content (AvgIpc) is 3.40. The van der Waals surface area contributed by atoms with E-state index in [1.807, 2.05) is 49.1 Å². The Morgan fingerprint density at radius 3 is 1.14 bits per heavy atom. The maximum absolute atomic E-state index is 4.13. The summed E-state index contributed by atoms with van der Waals surface area (Å²) in [6.07, 6.45) is 7.32. The van der Waals surface area contributed by atoms with E-state index in [0.717, 1.165) is 17.1 Å². The second-order valence-electron chi connectivity index (χ2n) is 8.40.